The molecule has 0 radical (unpaired) electrons. The van der Waals surface area contributed by atoms with Crippen molar-refractivity contribution < 1.29 is 23.5 Å². The van der Waals surface area contributed by atoms with Gasteiger partial charge >= 0.3 is 0 Å². The van der Waals surface area contributed by atoms with E-state index in [1.54, 1.807) is 24.3 Å². The summed E-state index contributed by atoms with van der Waals surface area (Å²) in [5.74, 6) is -1.20. The van der Waals surface area contributed by atoms with Gasteiger partial charge in [0.2, 0.25) is 0 Å². The van der Waals surface area contributed by atoms with Crippen LogP contribution >= 0.6 is 23.4 Å². The molecule has 0 heterocycles. The van der Waals surface area contributed by atoms with E-state index in [2.05, 4.69) is 16.2 Å². The molecule has 0 unspecified atom stereocenters. The van der Waals surface area contributed by atoms with E-state index < -0.39 is 35.7 Å². The first-order chi connectivity index (χ1) is 14.8. The van der Waals surface area contributed by atoms with Crippen LogP contribution < -0.4 is 20.9 Å². The number of benzene rings is 2. The molecular weight excluding hydrogens is 445 g/mol. The first-order valence-electron chi connectivity index (χ1n) is 9.38. The maximum absolute atomic E-state index is 13.0. The number of nitrogens with one attached hydrogen (secondary N) is 3. The number of hydrogen-bond acceptors (Lipinski definition) is 5. The van der Waals surface area contributed by atoms with Crippen LogP contribution in [0.25, 0.3) is 0 Å². The molecule has 3 N–H and O–H groups in total. The monoisotopic (exact) mass is 467 g/mol. The van der Waals surface area contributed by atoms with Gasteiger partial charge in [-0.25, -0.2) is 4.39 Å². The maximum Gasteiger partial charge on any atom is 0.279 e. The third-order valence-corrected chi connectivity index (χ3v) is 5.13. The zero-order valence-corrected chi connectivity index (χ0v) is 18.6. The Kier molecular flexibility index (Phi) is 9.61. The van der Waals surface area contributed by atoms with Crippen molar-refractivity contribution in [1.29, 1.82) is 0 Å². The molecule has 2 aromatic rings. The molecule has 0 aliphatic heterocycles. The normalized spacial score (nSPS) is 12.4. The van der Waals surface area contributed by atoms with Crippen LogP contribution in [0, 0.1) is 5.82 Å². The van der Waals surface area contributed by atoms with Crippen molar-refractivity contribution in [2.24, 2.45) is 0 Å². The predicted octanol–water partition coefficient (Wildman–Crippen LogP) is 2.95. The van der Waals surface area contributed by atoms with Crippen LogP contribution in [-0.4, -0.2) is 41.9 Å². The lowest BCUT2D eigenvalue weighted by Crippen LogP contribution is -2.54. The van der Waals surface area contributed by atoms with Crippen molar-refractivity contribution in [3.8, 4) is 5.75 Å². The largest absolute Gasteiger partial charge is 0.481 e. The van der Waals surface area contributed by atoms with Crippen LogP contribution in [0.1, 0.15) is 23.7 Å². The van der Waals surface area contributed by atoms with Crippen LogP contribution in [0.3, 0.4) is 0 Å². The van der Waals surface area contributed by atoms with Gasteiger partial charge in [0.15, 0.2) is 6.10 Å². The van der Waals surface area contributed by atoms with Crippen molar-refractivity contribution in [3.63, 3.8) is 0 Å². The zero-order chi connectivity index (χ0) is 22.8. The summed E-state index contributed by atoms with van der Waals surface area (Å²) in [6, 6.07) is 10.8. The van der Waals surface area contributed by atoms with E-state index in [4.69, 9.17) is 16.3 Å². The van der Waals surface area contributed by atoms with Gasteiger partial charge in [0.25, 0.3) is 17.7 Å². The standard InChI is InChI=1S/C21H23ClFN3O4S/c1-13(30-15-9-7-14(23)8-10-15)19(27)25-26-21(29)18(11-12-31-2)24-20(28)16-5-3-4-6-17(16)22/h3-10,13,18H,11-12H2,1-2H3,(H,24,28)(H,25,27)(H,26,29)/t13-,18-/m1/s1. The fraction of sp³-hybridized carbons (Fsp3) is 0.286. The Balaban J connectivity index is 1.93. The smallest absolute Gasteiger partial charge is 0.279 e. The summed E-state index contributed by atoms with van der Waals surface area (Å²) >= 11 is 7.56. The minimum Gasteiger partial charge on any atom is -0.481 e. The summed E-state index contributed by atoms with van der Waals surface area (Å²) in [4.78, 5) is 37.3. The second-order valence-corrected chi connectivity index (χ2v) is 7.87. The molecule has 31 heavy (non-hydrogen) atoms. The highest BCUT2D eigenvalue weighted by atomic mass is 35.5. The Morgan fingerprint density at radius 2 is 1.71 bits per heavy atom. The Bertz CT molecular complexity index is 914. The lowest BCUT2D eigenvalue weighted by Gasteiger charge is -2.20. The molecule has 0 aliphatic carbocycles. The number of carbonyl (C=O) groups is 3. The van der Waals surface area contributed by atoms with Crippen LogP contribution in [-0.2, 0) is 9.59 Å². The van der Waals surface area contributed by atoms with Gasteiger partial charge in [-0.1, -0.05) is 23.7 Å². The highest BCUT2D eigenvalue weighted by molar-refractivity contribution is 7.98. The number of hydrazine groups is 1. The van der Waals surface area contributed by atoms with Crippen LogP contribution in [0.5, 0.6) is 5.75 Å². The van der Waals surface area contributed by atoms with E-state index in [9.17, 15) is 18.8 Å². The second-order valence-electron chi connectivity index (χ2n) is 6.48. The number of thioether (sulfide) groups is 1. The van der Waals surface area contributed by atoms with E-state index in [-0.39, 0.29) is 10.6 Å². The molecule has 0 saturated carbocycles. The number of hydrogen-bond donors (Lipinski definition) is 3. The van der Waals surface area contributed by atoms with Crippen molar-refractivity contribution in [2.45, 2.75) is 25.5 Å². The van der Waals surface area contributed by atoms with E-state index >= 15 is 0 Å². The summed E-state index contributed by atoms with van der Waals surface area (Å²) < 4.78 is 18.4. The number of amides is 3. The van der Waals surface area contributed by atoms with Crippen molar-refractivity contribution in [2.75, 3.05) is 12.0 Å². The Morgan fingerprint density at radius 1 is 1.06 bits per heavy atom. The molecule has 2 aromatic carbocycles. The zero-order valence-electron chi connectivity index (χ0n) is 17.0. The third kappa shape index (κ3) is 7.76. The maximum atomic E-state index is 13.0. The fourth-order valence-corrected chi connectivity index (χ4v) is 3.16. The van der Waals surface area contributed by atoms with Crippen molar-refractivity contribution in [3.05, 3.63) is 64.9 Å². The molecule has 3 amide bonds. The first-order valence-corrected chi connectivity index (χ1v) is 11.1. The number of ether oxygens (including phenoxy) is 1. The lowest BCUT2D eigenvalue weighted by molar-refractivity contribution is -0.133. The minimum absolute atomic E-state index is 0.247. The summed E-state index contributed by atoms with van der Waals surface area (Å²) in [5, 5.41) is 2.91. The first kappa shape index (κ1) is 24.5. The van der Waals surface area contributed by atoms with Gasteiger partial charge in [-0.2, -0.15) is 11.8 Å². The number of rotatable bonds is 9. The molecule has 0 bridgehead atoms. The van der Waals surface area contributed by atoms with E-state index in [1.165, 1.54) is 43.0 Å². The molecular formula is C21H23ClFN3O4S. The third-order valence-electron chi connectivity index (χ3n) is 4.16. The fourth-order valence-electron chi connectivity index (χ4n) is 2.47. The number of halogens is 2. The minimum atomic E-state index is -0.951. The molecule has 0 fully saturated rings. The van der Waals surface area contributed by atoms with Gasteiger partial charge in [-0.05, 0) is 61.8 Å². The van der Waals surface area contributed by atoms with Crippen LogP contribution in [0.15, 0.2) is 48.5 Å². The highest BCUT2D eigenvalue weighted by Gasteiger charge is 2.23. The molecule has 166 valence electrons. The summed E-state index contributed by atoms with van der Waals surface area (Å²) in [6.45, 7) is 1.48. The molecule has 0 spiro atoms. The summed E-state index contributed by atoms with van der Waals surface area (Å²) in [6.07, 6.45) is 1.27. The van der Waals surface area contributed by atoms with E-state index in [1.807, 2.05) is 6.26 Å². The molecule has 10 heteroatoms. The second kappa shape index (κ2) is 12.2. The van der Waals surface area contributed by atoms with Crippen LogP contribution in [0.4, 0.5) is 4.39 Å². The average Bonchev–Trinajstić information content (AvgIpc) is 2.76. The van der Waals surface area contributed by atoms with E-state index in [0.717, 1.165) is 0 Å². The molecule has 7 nitrogen and oxygen atoms in total. The van der Waals surface area contributed by atoms with Crippen LogP contribution in [0.2, 0.25) is 5.02 Å². The van der Waals surface area contributed by atoms with Gasteiger partial charge in [0, 0.05) is 0 Å². The molecule has 0 aliphatic rings. The average molecular weight is 468 g/mol. The van der Waals surface area contributed by atoms with Gasteiger partial charge < -0.3 is 10.1 Å². The highest BCUT2D eigenvalue weighted by Crippen LogP contribution is 2.15. The van der Waals surface area contributed by atoms with Crippen molar-refractivity contribution >= 4 is 41.1 Å². The molecule has 2 rings (SSSR count). The quantitative estimate of drug-likeness (QED) is 0.493. The summed E-state index contributed by atoms with van der Waals surface area (Å²) in [7, 11) is 0. The molecule has 2 atom stereocenters. The van der Waals surface area contributed by atoms with Crippen molar-refractivity contribution in [1.82, 2.24) is 16.2 Å². The van der Waals surface area contributed by atoms with Gasteiger partial charge in [-0.3, -0.25) is 25.2 Å². The van der Waals surface area contributed by atoms with E-state index in [0.29, 0.717) is 17.9 Å². The Morgan fingerprint density at radius 3 is 2.35 bits per heavy atom. The number of carbonyl (C=O) groups excluding carboxylic acids is 3. The Hall–Kier alpha value is -2.78. The lowest BCUT2D eigenvalue weighted by atomic mass is 10.1. The summed E-state index contributed by atoms with van der Waals surface area (Å²) in [5.41, 5.74) is 4.82. The topological polar surface area (TPSA) is 96.5 Å². The predicted molar refractivity (Wildman–Crippen MR) is 118 cm³/mol. The van der Waals surface area contributed by atoms with Gasteiger partial charge in [0.1, 0.15) is 17.6 Å². The molecule has 0 saturated heterocycles. The Labute approximate surface area is 189 Å². The van der Waals surface area contributed by atoms with Gasteiger partial charge in [-0.15, -0.1) is 0 Å². The SMILES string of the molecule is CSCC[C@@H](NC(=O)c1ccccc1Cl)C(=O)NNC(=O)[C@@H](C)Oc1ccc(F)cc1. The molecule has 0 aromatic heterocycles. The van der Waals surface area contributed by atoms with Gasteiger partial charge in [0.05, 0.1) is 10.6 Å².